The zero-order chi connectivity index (χ0) is 14.1. The summed E-state index contributed by atoms with van der Waals surface area (Å²) in [5.74, 6) is 2.05. The van der Waals surface area contributed by atoms with Gasteiger partial charge in [-0.05, 0) is 18.6 Å². The van der Waals surface area contributed by atoms with E-state index in [1.807, 2.05) is 11.0 Å². The Morgan fingerprint density at radius 1 is 1.55 bits per heavy atom. The van der Waals surface area contributed by atoms with Gasteiger partial charge in [0.1, 0.15) is 5.82 Å². The quantitative estimate of drug-likeness (QED) is 0.747. The van der Waals surface area contributed by atoms with Crippen LogP contribution < -0.4 is 4.90 Å². The predicted molar refractivity (Wildman–Crippen MR) is 82.5 cm³/mol. The third kappa shape index (κ3) is 2.52. The molecule has 0 spiro atoms. The zero-order valence-corrected chi connectivity index (χ0v) is 12.7. The van der Waals surface area contributed by atoms with Crippen molar-refractivity contribution in [3.63, 3.8) is 0 Å². The summed E-state index contributed by atoms with van der Waals surface area (Å²) in [7, 11) is 0. The normalized spacial score (nSPS) is 21.8. The smallest absolute Gasteiger partial charge is 0.246 e. The van der Waals surface area contributed by atoms with Crippen LogP contribution >= 0.6 is 23.4 Å². The molecular weight excluding hydrogens is 294 g/mol. The summed E-state index contributed by atoms with van der Waals surface area (Å²) in [6.45, 7) is 5.84. The summed E-state index contributed by atoms with van der Waals surface area (Å²) in [6, 6.07) is 2.31. The standard InChI is InChI=1S/C14H16ClN3OS/c1-2-13(19)17-4-5-18-11(9-17)3-6-20-12-7-10(15)8-16-14(12)18/h2,7-8,11H,1,3-6,9H2/t11-/m0/s1. The largest absolute Gasteiger partial charge is 0.349 e. The summed E-state index contributed by atoms with van der Waals surface area (Å²) in [6.07, 6.45) is 4.14. The van der Waals surface area contributed by atoms with Crippen LogP contribution in [0.2, 0.25) is 5.02 Å². The topological polar surface area (TPSA) is 36.4 Å². The van der Waals surface area contributed by atoms with Crippen molar-refractivity contribution < 1.29 is 4.79 Å². The molecule has 0 bridgehead atoms. The number of thioether (sulfide) groups is 1. The van der Waals surface area contributed by atoms with Crippen molar-refractivity contribution in [3.05, 3.63) is 29.9 Å². The first-order valence-corrected chi connectivity index (χ1v) is 8.01. The van der Waals surface area contributed by atoms with Crippen LogP contribution in [-0.4, -0.2) is 47.2 Å². The highest BCUT2D eigenvalue weighted by Gasteiger charge is 2.32. The molecule has 1 amide bonds. The van der Waals surface area contributed by atoms with Crippen LogP contribution in [0.1, 0.15) is 6.42 Å². The lowest BCUT2D eigenvalue weighted by atomic mass is 10.1. The van der Waals surface area contributed by atoms with Crippen LogP contribution in [-0.2, 0) is 4.79 Å². The Hall–Kier alpha value is -1.20. The molecule has 0 aromatic carbocycles. The number of amides is 1. The van der Waals surface area contributed by atoms with Crippen molar-refractivity contribution in [2.45, 2.75) is 17.4 Å². The highest BCUT2D eigenvalue weighted by molar-refractivity contribution is 7.99. The summed E-state index contributed by atoms with van der Waals surface area (Å²) in [4.78, 5) is 21.6. The maximum atomic E-state index is 11.8. The Labute approximate surface area is 127 Å². The first-order valence-electron chi connectivity index (χ1n) is 6.65. The Kier molecular flexibility index (Phi) is 3.89. The average molecular weight is 310 g/mol. The maximum Gasteiger partial charge on any atom is 0.246 e. The number of nitrogens with zero attached hydrogens (tertiary/aromatic N) is 3. The molecule has 0 N–H and O–H groups in total. The van der Waals surface area contributed by atoms with E-state index >= 15 is 0 Å². The van der Waals surface area contributed by atoms with Crippen molar-refractivity contribution in [1.29, 1.82) is 0 Å². The molecule has 1 aromatic rings. The van der Waals surface area contributed by atoms with E-state index in [4.69, 9.17) is 11.6 Å². The van der Waals surface area contributed by atoms with Gasteiger partial charge in [0.05, 0.1) is 9.92 Å². The zero-order valence-electron chi connectivity index (χ0n) is 11.1. The van der Waals surface area contributed by atoms with E-state index in [0.29, 0.717) is 11.1 Å². The van der Waals surface area contributed by atoms with Crippen LogP contribution in [0.25, 0.3) is 0 Å². The van der Waals surface area contributed by atoms with Crippen molar-refractivity contribution in [3.8, 4) is 0 Å². The lowest BCUT2D eigenvalue weighted by Crippen LogP contribution is -2.54. The molecule has 0 aliphatic carbocycles. The van der Waals surface area contributed by atoms with Crippen LogP contribution in [0.3, 0.4) is 0 Å². The Bertz CT molecular complexity index is 551. The van der Waals surface area contributed by atoms with E-state index in [0.717, 1.165) is 42.5 Å². The first-order chi connectivity index (χ1) is 9.69. The van der Waals surface area contributed by atoms with Crippen LogP contribution in [0, 0.1) is 0 Å². The van der Waals surface area contributed by atoms with Gasteiger partial charge in [-0.1, -0.05) is 18.2 Å². The molecule has 3 rings (SSSR count). The average Bonchev–Trinajstić information content (AvgIpc) is 2.64. The maximum absolute atomic E-state index is 11.8. The number of rotatable bonds is 1. The molecule has 3 heterocycles. The Balaban J connectivity index is 1.87. The van der Waals surface area contributed by atoms with Crippen molar-refractivity contribution >= 4 is 35.1 Å². The minimum atomic E-state index is 0.0193. The second-order valence-electron chi connectivity index (χ2n) is 4.95. The van der Waals surface area contributed by atoms with Gasteiger partial charge in [-0.2, -0.15) is 0 Å². The number of carbonyl (C=O) groups is 1. The van der Waals surface area contributed by atoms with Gasteiger partial charge in [-0.25, -0.2) is 4.98 Å². The van der Waals surface area contributed by atoms with Crippen molar-refractivity contribution in [2.24, 2.45) is 0 Å². The van der Waals surface area contributed by atoms with E-state index in [1.165, 1.54) is 6.08 Å². The molecule has 0 saturated carbocycles. The molecule has 6 heteroatoms. The number of aromatic nitrogens is 1. The van der Waals surface area contributed by atoms with Gasteiger partial charge in [-0.3, -0.25) is 4.79 Å². The van der Waals surface area contributed by atoms with E-state index in [2.05, 4.69) is 16.5 Å². The van der Waals surface area contributed by atoms with E-state index in [9.17, 15) is 4.79 Å². The number of hydrogen-bond acceptors (Lipinski definition) is 4. The number of piperazine rings is 1. The first kappa shape index (κ1) is 13.8. The molecule has 1 atom stereocenters. The molecule has 1 fully saturated rings. The molecule has 2 aliphatic heterocycles. The second-order valence-corrected chi connectivity index (χ2v) is 6.52. The van der Waals surface area contributed by atoms with Crippen molar-refractivity contribution in [1.82, 2.24) is 9.88 Å². The van der Waals surface area contributed by atoms with Crippen molar-refractivity contribution in [2.75, 3.05) is 30.3 Å². The fourth-order valence-electron chi connectivity index (χ4n) is 2.75. The number of anilines is 1. The SMILES string of the molecule is C=CC(=O)N1CCN2c3ncc(Cl)cc3SCC[C@H]2C1. The number of pyridine rings is 1. The Morgan fingerprint density at radius 3 is 3.20 bits per heavy atom. The minimum Gasteiger partial charge on any atom is -0.349 e. The lowest BCUT2D eigenvalue weighted by Gasteiger charge is -2.41. The summed E-state index contributed by atoms with van der Waals surface area (Å²) < 4.78 is 0. The van der Waals surface area contributed by atoms with Gasteiger partial charge >= 0.3 is 0 Å². The summed E-state index contributed by atoms with van der Waals surface area (Å²) in [5, 5.41) is 0.676. The highest BCUT2D eigenvalue weighted by Crippen LogP contribution is 2.37. The van der Waals surface area contributed by atoms with E-state index in [1.54, 1.807) is 18.0 Å². The number of carbonyl (C=O) groups excluding carboxylic acids is 1. The van der Waals surface area contributed by atoms with Gasteiger partial charge in [0.2, 0.25) is 5.91 Å². The predicted octanol–water partition coefficient (Wildman–Crippen LogP) is 2.43. The van der Waals surface area contributed by atoms with Crippen LogP contribution in [0.15, 0.2) is 29.8 Å². The second kappa shape index (κ2) is 5.66. The highest BCUT2D eigenvalue weighted by atomic mass is 35.5. The number of fused-ring (bicyclic) bond motifs is 3. The molecule has 1 saturated heterocycles. The van der Waals surface area contributed by atoms with Gasteiger partial charge in [0.25, 0.3) is 0 Å². The number of halogens is 1. The Morgan fingerprint density at radius 2 is 2.40 bits per heavy atom. The molecule has 0 unspecified atom stereocenters. The number of hydrogen-bond donors (Lipinski definition) is 0. The van der Waals surface area contributed by atoms with Gasteiger partial charge in [-0.15, -0.1) is 11.8 Å². The van der Waals surface area contributed by atoms with Crippen LogP contribution in [0.5, 0.6) is 0 Å². The fraction of sp³-hybridized carbons (Fsp3) is 0.429. The molecule has 2 aliphatic rings. The van der Waals surface area contributed by atoms with Gasteiger partial charge in [0, 0.05) is 37.6 Å². The summed E-state index contributed by atoms with van der Waals surface area (Å²) >= 11 is 7.82. The summed E-state index contributed by atoms with van der Waals surface area (Å²) in [5.41, 5.74) is 0. The monoisotopic (exact) mass is 309 g/mol. The molecular formula is C14H16ClN3OS. The van der Waals surface area contributed by atoms with Gasteiger partial charge < -0.3 is 9.80 Å². The van der Waals surface area contributed by atoms with Crippen LogP contribution in [0.4, 0.5) is 5.82 Å². The third-order valence-electron chi connectivity index (χ3n) is 3.75. The van der Waals surface area contributed by atoms with E-state index in [-0.39, 0.29) is 5.91 Å². The molecule has 1 aromatic heterocycles. The fourth-order valence-corrected chi connectivity index (χ4v) is 4.09. The molecule has 4 nitrogen and oxygen atoms in total. The molecule has 0 radical (unpaired) electrons. The minimum absolute atomic E-state index is 0.0193. The molecule has 20 heavy (non-hydrogen) atoms. The van der Waals surface area contributed by atoms with E-state index < -0.39 is 0 Å². The lowest BCUT2D eigenvalue weighted by molar-refractivity contribution is -0.126. The van der Waals surface area contributed by atoms with Gasteiger partial charge in [0.15, 0.2) is 0 Å². The molecule has 106 valence electrons. The third-order valence-corrected chi connectivity index (χ3v) is 5.01.